The van der Waals surface area contributed by atoms with E-state index in [0.717, 1.165) is 0 Å². The Labute approximate surface area is 220 Å². The Morgan fingerprint density at radius 3 is 1.81 bits per heavy atom. The highest BCUT2D eigenvalue weighted by molar-refractivity contribution is 7.13. The molecule has 0 radical (unpaired) electrons. The summed E-state index contributed by atoms with van der Waals surface area (Å²) in [5.74, 6) is 0. The van der Waals surface area contributed by atoms with Crippen molar-refractivity contribution in [2.75, 3.05) is 4.90 Å². The van der Waals surface area contributed by atoms with Crippen LogP contribution in [0.3, 0.4) is 0 Å². The Balaban J connectivity index is 1.50. The molecule has 37 heavy (non-hydrogen) atoms. The van der Waals surface area contributed by atoms with Crippen LogP contribution in [0.25, 0.3) is 21.6 Å². The highest BCUT2D eigenvalue weighted by Crippen LogP contribution is 2.63. The van der Waals surface area contributed by atoms with E-state index in [9.17, 15) is 0 Å². The van der Waals surface area contributed by atoms with E-state index in [0.29, 0.717) is 0 Å². The van der Waals surface area contributed by atoms with E-state index < -0.39 is 0 Å². The number of hydrogen-bond acceptors (Lipinski definition) is 2. The summed E-state index contributed by atoms with van der Waals surface area (Å²) in [5.41, 5.74) is 12.6. The van der Waals surface area contributed by atoms with Gasteiger partial charge in [-0.25, -0.2) is 0 Å². The van der Waals surface area contributed by atoms with Crippen molar-refractivity contribution in [3.63, 3.8) is 0 Å². The first kappa shape index (κ1) is 20.8. The molecule has 1 spiro atoms. The van der Waals surface area contributed by atoms with Crippen LogP contribution in [-0.4, -0.2) is 0 Å². The maximum atomic E-state index is 2.43. The summed E-state index contributed by atoms with van der Waals surface area (Å²) in [5, 5.41) is 2.16. The molecule has 0 N–H and O–H groups in total. The lowest BCUT2D eigenvalue weighted by Gasteiger charge is -2.45. The van der Waals surface area contributed by atoms with Gasteiger partial charge in [-0.2, -0.15) is 0 Å². The minimum atomic E-state index is -0.377. The number of rotatable bonds is 2. The van der Waals surface area contributed by atoms with E-state index >= 15 is 0 Å². The van der Waals surface area contributed by atoms with Gasteiger partial charge < -0.3 is 4.90 Å². The zero-order valence-electron chi connectivity index (χ0n) is 20.1. The van der Waals surface area contributed by atoms with Gasteiger partial charge in [0.15, 0.2) is 0 Å². The first-order chi connectivity index (χ1) is 18.4. The van der Waals surface area contributed by atoms with Crippen LogP contribution in [0, 0.1) is 0 Å². The van der Waals surface area contributed by atoms with Gasteiger partial charge in [0.2, 0.25) is 0 Å². The predicted molar refractivity (Wildman–Crippen MR) is 155 cm³/mol. The Bertz CT molecular complexity index is 1730. The standard InChI is InChI=1S/C35H23NS/c1-2-11-25(12-3-1)36-32-17-8-6-15-30(32)35(31-16-7-9-18-33(31)36)28-14-5-4-13-26(28)27-23-24(20-21-29(27)35)34-19-10-22-37-34/h1-23H. The van der Waals surface area contributed by atoms with Crippen LogP contribution in [0.5, 0.6) is 0 Å². The number of anilines is 3. The van der Waals surface area contributed by atoms with Gasteiger partial charge in [0.1, 0.15) is 0 Å². The summed E-state index contributed by atoms with van der Waals surface area (Å²) in [6.45, 7) is 0. The lowest BCUT2D eigenvalue weighted by atomic mass is 9.64. The van der Waals surface area contributed by atoms with Crippen molar-refractivity contribution in [3.8, 4) is 21.6 Å². The topological polar surface area (TPSA) is 3.24 Å². The smallest absolute Gasteiger partial charge is 0.0754 e. The van der Waals surface area contributed by atoms with Gasteiger partial charge in [0.05, 0.1) is 16.8 Å². The second kappa shape index (κ2) is 7.80. The number of hydrogen-bond donors (Lipinski definition) is 0. The Kier molecular flexibility index (Phi) is 4.37. The zero-order chi connectivity index (χ0) is 24.4. The quantitative estimate of drug-likeness (QED) is 0.234. The maximum Gasteiger partial charge on any atom is 0.0754 e. The van der Waals surface area contributed by atoms with Crippen LogP contribution in [-0.2, 0) is 5.41 Å². The third kappa shape index (κ3) is 2.74. The zero-order valence-corrected chi connectivity index (χ0v) is 21.0. The van der Waals surface area contributed by atoms with Gasteiger partial charge in [-0.15, -0.1) is 11.3 Å². The highest BCUT2D eigenvalue weighted by atomic mass is 32.1. The summed E-state index contributed by atoms with van der Waals surface area (Å²) in [6.07, 6.45) is 0. The highest BCUT2D eigenvalue weighted by Gasteiger charge is 2.51. The van der Waals surface area contributed by atoms with E-state index in [4.69, 9.17) is 0 Å². The fourth-order valence-corrected chi connectivity index (χ4v) is 7.29. The average Bonchev–Trinajstić information content (AvgIpc) is 3.60. The normalized spacial score (nSPS) is 14.1. The second-order valence-corrected chi connectivity index (χ2v) is 10.7. The molecule has 0 unspecified atom stereocenters. The van der Waals surface area contributed by atoms with Crippen molar-refractivity contribution < 1.29 is 0 Å². The van der Waals surface area contributed by atoms with Crippen molar-refractivity contribution in [1.82, 2.24) is 0 Å². The fraction of sp³-hybridized carbons (Fsp3) is 0.0286. The number of fused-ring (bicyclic) bond motifs is 9. The molecule has 1 nitrogen and oxygen atoms in total. The summed E-state index contributed by atoms with van der Waals surface area (Å²) in [6, 6.07) is 49.1. The third-order valence-electron chi connectivity index (χ3n) is 7.96. The molecule has 5 aromatic carbocycles. The first-order valence-electron chi connectivity index (χ1n) is 12.7. The van der Waals surface area contributed by atoms with Gasteiger partial charge in [0, 0.05) is 10.6 Å². The molecule has 0 atom stereocenters. The predicted octanol–water partition coefficient (Wildman–Crippen LogP) is 9.56. The molecule has 8 rings (SSSR count). The molecular weight excluding hydrogens is 466 g/mol. The van der Waals surface area contributed by atoms with Crippen LogP contribution in [0.2, 0.25) is 0 Å². The van der Waals surface area contributed by atoms with Gasteiger partial charge in [0.25, 0.3) is 0 Å². The molecule has 1 aromatic heterocycles. The van der Waals surface area contributed by atoms with Gasteiger partial charge in [-0.05, 0) is 80.7 Å². The maximum absolute atomic E-state index is 2.43. The van der Waals surface area contributed by atoms with Crippen molar-refractivity contribution >= 4 is 28.4 Å². The molecule has 0 fully saturated rings. The monoisotopic (exact) mass is 489 g/mol. The average molecular weight is 490 g/mol. The molecule has 174 valence electrons. The number of nitrogens with zero attached hydrogens (tertiary/aromatic N) is 1. The molecule has 6 aromatic rings. The van der Waals surface area contributed by atoms with Crippen LogP contribution in [0.4, 0.5) is 17.1 Å². The third-order valence-corrected chi connectivity index (χ3v) is 8.88. The van der Waals surface area contributed by atoms with Gasteiger partial charge >= 0.3 is 0 Å². The van der Waals surface area contributed by atoms with Crippen LogP contribution in [0.15, 0.2) is 139 Å². The first-order valence-corrected chi connectivity index (χ1v) is 13.6. The van der Waals surface area contributed by atoms with Crippen molar-refractivity contribution in [2.24, 2.45) is 0 Å². The summed E-state index contributed by atoms with van der Waals surface area (Å²) in [4.78, 5) is 3.73. The SMILES string of the molecule is c1ccc(N2c3ccccc3C3(c4ccccc4-c4cc(-c5cccs5)ccc43)c3ccccc32)cc1. The molecule has 0 saturated heterocycles. The Hall–Kier alpha value is -4.40. The lowest BCUT2D eigenvalue weighted by molar-refractivity contribution is 0.753. The van der Waals surface area contributed by atoms with Crippen molar-refractivity contribution in [1.29, 1.82) is 0 Å². The summed E-state index contributed by atoms with van der Waals surface area (Å²) in [7, 11) is 0. The van der Waals surface area contributed by atoms with Crippen LogP contribution >= 0.6 is 11.3 Å². The molecule has 2 aliphatic rings. The Morgan fingerprint density at radius 1 is 0.486 bits per heavy atom. The molecule has 1 aliphatic heterocycles. The number of para-hydroxylation sites is 3. The van der Waals surface area contributed by atoms with E-state index in [2.05, 4.69) is 144 Å². The van der Waals surface area contributed by atoms with Crippen LogP contribution < -0.4 is 4.90 Å². The second-order valence-electron chi connectivity index (χ2n) is 9.74. The van der Waals surface area contributed by atoms with E-state index in [1.807, 2.05) is 0 Å². The number of thiophene rings is 1. The van der Waals surface area contributed by atoms with E-state index in [-0.39, 0.29) is 5.41 Å². The largest absolute Gasteiger partial charge is 0.310 e. The molecule has 0 bridgehead atoms. The van der Waals surface area contributed by atoms with Gasteiger partial charge in [-0.3, -0.25) is 0 Å². The van der Waals surface area contributed by atoms with Crippen molar-refractivity contribution in [2.45, 2.75) is 5.41 Å². The minimum Gasteiger partial charge on any atom is -0.310 e. The lowest BCUT2D eigenvalue weighted by Crippen LogP contribution is -2.36. The number of benzene rings is 5. The summed E-state index contributed by atoms with van der Waals surface area (Å²) >= 11 is 1.80. The molecule has 2 heteroatoms. The summed E-state index contributed by atoms with van der Waals surface area (Å²) < 4.78 is 0. The fourth-order valence-electron chi connectivity index (χ4n) is 6.56. The molecular formula is C35H23NS. The molecule has 1 aliphatic carbocycles. The van der Waals surface area contributed by atoms with E-state index in [1.165, 1.54) is 60.9 Å². The molecule has 0 saturated carbocycles. The van der Waals surface area contributed by atoms with Crippen molar-refractivity contribution in [3.05, 3.63) is 161 Å². The minimum absolute atomic E-state index is 0.377. The molecule has 0 amide bonds. The van der Waals surface area contributed by atoms with Crippen LogP contribution in [0.1, 0.15) is 22.3 Å². The van der Waals surface area contributed by atoms with Gasteiger partial charge in [-0.1, -0.05) is 97.1 Å². The van der Waals surface area contributed by atoms with E-state index in [1.54, 1.807) is 11.3 Å². The Morgan fingerprint density at radius 2 is 1.11 bits per heavy atom. The molecule has 2 heterocycles.